The molecule has 0 aromatic carbocycles. The molecule has 2 nitrogen and oxygen atoms in total. The van der Waals surface area contributed by atoms with Crippen molar-refractivity contribution in [2.75, 3.05) is 6.61 Å². The second-order valence-electron chi connectivity index (χ2n) is 3.96. The third-order valence-corrected chi connectivity index (χ3v) is 2.80. The van der Waals surface area contributed by atoms with Gasteiger partial charge in [0.1, 0.15) is 0 Å². The molecule has 12 heavy (non-hydrogen) atoms. The Morgan fingerprint density at radius 1 is 1.75 bits per heavy atom. The molecular formula is C9H15BO2. The zero-order valence-corrected chi connectivity index (χ0v) is 7.49. The molecule has 3 atom stereocenters. The predicted octanol–water partition coefficient (Wildman–Crippen LogP) is 0.454. The summed E-state index contributed by atoms with van der Waals surface area (Å²) in [6.45, 7) is 2.39. The van der Waals surface area contributed by atoms with Crippen LogP contribution in [-0.4, -0.2) is 31.1 Å². The highest BCUT2D eigenvalue weighted by molar-refractivity contribution is 6.48. The van der Waals surface area contributed by atoms with E-state index in [1.54, 1.807) is 0 Å². The van der Waals surface area contributed by atoms with Gasteiger partial charge in [0, 0.05) is 6.00 Å². The molecule has 3 heteroatoms. The first-order chi connectivity index (χ1) is 5.79. The molecule has 0 bridgehead atoms. The molecule has 1 N–H and O–H groups in total. The van der Waals surface area contributed by atoms with Crippen molar-refractivity contribution in [3.8, 4) is 0 Å². The first-order valence-electron chi connectivity index (χ1n) is 4.74. The van der Waals surface area contributed by atoms with Gasteiger partial charge >= 0.3 is 0 Å². The largest absolute Gasteiger partial charge is 0.394 e. The molecule has 1 aliphatic carbocycles. The Balaban J connectivity index is 1.84. The minimum Gasteiger partial charge on any atom is -0.394 e. The van der Waals surface area contributed by atoms with Gasteiger partial charge in [0.15, 0.2) is 7.28 Å². The molecule has 0 radical (unpaired) electrons. The van der Waals surface area contributed by atoms with Crippen molar-refractivity contribution in [1.82, 2.24) is 0 Å². The maximum absolute atomic E-state index is 8.91. The Bertz CT molecular complexity index is 203. The van der Waals surface area contributed by atoms with Crippen molar-refractivity contribution in [3.63, 3.8) is 0 Å². The Morgan fingerprint density at radius 2 is 2.50 bits per heavy atom. The van der Waals surface area contributed by atoms with Gasteiger partial charge < -0.3 is 9.84 Å². The second kappa shape index (κ2) is 3.23. The van der Waals surface area contributed by atoms with E-state index in [4.69, 9.17) is 9.84 Å². The summed E-state index contributed by atoms with van der Waals surface area (Å²) in [6, 6.07) is 0.371. The lowest BCUT2D eigenvalue weighted by Gasteiger charge is -2.11. The van der Waals surface area contributed by atoms with E-state index in [0.717, 1.165) is 13.7 Å². The van der Waals surface area contributed by atoms with Crippen LogP contribution in [0, 0.1) is 5.92 Å². The molecule has 0 saturated carbocycles. The van der Waals surface area contributed by atoms with Gasteiger partial charge in [-0.25, -0.2) is 0 Å². The van der Waals surface area contributed by atoms with E-state index in [-0.39, 0.29) is 12.7 Å². The fourth-order valence-electron chi connectivity index (χ4n) is 1.87. The standard InChI is InChI=1S/C9H15BO2/c1-6-4-8(5-11)12-9(6)10-7-2-3-7/h2,6,8-11H,3-5H2,1H3/t6-,8-,9?/m0/s1. The van der Waals surface area contributed by atoms with Crippen LogP contribution in [0.5, 0.6) is 0 Å². The topological polar surface area (TPSA) is 29.5 Å². The molecule has 2 aliphatic rings. The number of allylic oxidation sites excluding steroid dienone is 2. The number of hydrogen-bond acceptors (Lipinski definition) is 2. The summed E-state index contributed by atoms with van der Waals surface area (Å²) in [5, 5.41) is 8.91. The van der Waals surface area contributed by atoms with Crippen molar-refractivity contribution in [2.24, 2.45) is 5.92 Å². The SMILES string of the molecule is C[C@H]1C[C@@H](CO)OC1BC1=CC1. The molecule has 0 aromatic rings. The van der Waals surface area contributed by atoms with Crippen molar-refractivity contribution < 1.29 is 9.84 Å². The number of aliphatic hydroxyl groups excluding tert-OH is 1. The van der Waals surface area contributed by atoms with E-state index in [1.807, 2.05) is 0 Å². The summed E-state index contributed by atoms with van der Waals surface area (Å²) < 4.78 is 5.68. The third-order valence-electron chi connectivity index (χ3n) is 2.80. The predicted molar refractivity (Wildman–Crippen MR) is 49.4 cm³/mol. The summed E-state index contributed by atoms with van der Waals surface area (Å²) in [4.78, 5) is 0. The van der Waals surface area contributed by atoms with Crippen LogP contribution in [0.15, 0.2) is 11.5 Å². The Morgan fingerprint density at radius 3 is 3.00 bits per heavy atom. The van der Waals surface area contributed by atoms with Gasteiger partial charge in [-0.2, -0.15) is 0 Å². The lowest BCUT2D eigenvalue weighted by Crippen LogP contribution is -2.22. The van der Waals surface area contributed by atoms with Gasteiger partial charge in [-0.15, -0.1) is 5.47 Å². The fourth-order valence-corrected chi connectivity index (χ4v) is 1.87. The zero-order valence-electron chi connectivity index (χ0n) is 7.49. The van der Waals surface area contributed by atoms with Crippen LogP contribution < -0.4 is 0 Å². The molecule has 1 saturated heterocycles. The second-order valence-corrected chi connectivity index (χ2v) is 3.96. The third kappa shape index (κ3) is 1.72. The van der Waals surface area contributed by atoms with E-state index in [2.05, 4.69) is 13.0 Å². The van der Waals surface area contributed by atoms with Gasteiger partial charge in [-0.3, -0.25) is 0 Å². The zero-order chi connectivity index (χ0) is 8.55. The van der Waals surface area contributed by atoms with Gasteiger partial charge in [0.05, 0.1) is 12.7 Å². The summed E-state index contributed by atoms with van der Waals surface area (Å²) in [7, 11) is 1.09. The molecule has 1 heterocycles. The van der Waals surface area contributed by atoms with Crippen molar-refractivity contribution in [2.45, 2.75) is 31.9 Å². The van der Waals surface area contributed by atoms with Crippen LogP contribution in [0.1, 0.15) is 19.8 Å². The lowest BCUT2D eigenvalue weighted by atomic mass is 9.64. The highest BCUT2D eigenvalue weighted by Gasteiger charge is 2.33. The van der Waals surface area contributed by atoms with Gasteiger partial charge in [0.25, 0.3) is 0 Å². The fraction of sp³-hybridized carbons (Fsp3) is 0.778. The monoisotopic (exact) mass is 166 g/mol. The minimum absolute atomic E-state index is 0.101. The van der Waals surface area contributed by atoms with Crippen LogP contribution in [0.2, 0.25) is 0 Å². The first-order valence-corrected chi connectivity index (χ1v) is 4.74. The average Bonchev–Trinajstić information content (AvgIpc) is 2.78. The van der Waals surface area contributed by atoms with E-state index >= 15 is 0 Å². The quantitative estimate of drug-likeness (QED) is 0.617. The number of aliphatic hydroxyl groups is 1. The Hall–Kier alpha value is -0.275. The summed E-state index contributed by atoms with van der Waals surface area (Å²) in [5.41, 5.74) is 1.53. The molecule has 2 rings (SSSR count). The van der Waals surface area contributed by atoms with Crippen LogP contribution in [-0.2, 0) is 4.74 Å². The van der Waals surface area contributed by atoms with Crippen molar-refractivity contribution in [1.29, 1.82) is 0 Å². The van der Waals surface area contributed by atoms with Crippen molar-refractivity contribution >= 4 is 7.28 Å². The maximum Gasteiger partial charge on any atom is 0.187 e. The molecule has 0 amide bonds. The molecular weight excluding hydrogens is 151 g/mol. The smallest absolute Gasteiger partial charge is 0.187 e. The molecule has 0 spiro atoms. The van der Waals surface area contributed by atoms with E-state index in [1.165, 1.54) is 11.9 Å². The van der Waals surface area contributed by atoms with E-state index in [0.29, 0.717) is 11.9 Å². The van der Waals surface area contributed by atoms with E-state index in [9.17, 15) is 0 Å². The first kappa shape index (κ1) is 8.33. The average molecular weight is 166 g/mol. The van der Waals surface area contributed by atoms with E-state index < -0.39 is 0 Å². The number of hydrogen-bond donors (Lipinski definition) is 1. The van der Waals surface area contributed by atoms with Crippen LogP contribution in [0.3, 0.4) is 0 Å². The number of rotatable bonds is 3. The lowest BCUT2D eigenvalue weighted by molar-refractivity contribution is 0.0394. The van der Waals surface area contributed by atoms with Gasteiger partial charge in [-0.05, 0) is 18.8 Å². The maximum atomic E-state index is 8.91. The van der Waals surface area contributed by atoms with Gasteiger partial charge in [-0.1, -0.05) is 13.0 Å². The summed E-state index contributed by atoms with van der Waals surface area (Å²) in [6.07, 6.45) is 4.57. The molecule has 66 valence electrons. The van der Waals surface area contributed by atoms with Crippen molar-refractivity contribution in [3.05, 3.63) is 11.5 Å². The molecule has 1 aliphatic heterocycles. The molecule has 1 fully saturated rings. The highest BCUT2D eigenvalue weighted by Crippen LogP contribution is 2.29. The Kier molecular flexibility index (Phi) is 2.24. The van der Waals surface area contributed by atoms with Crippen LogP contribution in [0.25, 0.3) is 0 Å². The molecule has 1 unspecified atom stereocenters. The van der Waals surface area contributed by atoms with Crippen LogP contribution in [0.4, 0.5) is 0 Å². The summed E-state index contributed by atoms with van der Waals surface area (Å²) in [5.74, 6) is 0.614. The number of ether oxygens (including phenoxy) is 1. The summed E-state index contributed by atoms with van der Waals surface area (Å²) >= 11 is 0. The van der Waals surface area contributed by atoms with Gasteiger partial charge in [0.2, 0.25) is 0 Å². The highest BCUT2D eigenvalue weighted by atomic mass is 16.5. The minimum atomic E-state index is 0.101. The molecule has 0 aromatic heterocycles. The normalized spacial score (nSPS) is 39.5. The Labute approximate surface area is 73.9 Å². The van der Waals surface area contributed by atoms with Crippen LogP contribution >= 0.6 is 0 Å².